The number of halogens is 1. The molecule has 0 heterocycles. The first-order valence-electron chi connectivity index (χ1n) is 7.03. The van der Waals surface area contributed by atoms with Gasteiger partial charge in [-0.25, -0.2) is 0 Å². The zero-order chi connectivity index (χ0) is 11.2. The van der Waals surface area contributed by atoms with E-state index in [2.05, 4.69) is 15.9 Å². The second-order valence-corrected chi connectivity index (χ2v) is 7.27. The summed E-state index contributed by atoms with van der Waals surface area (Å²) in [6.07, 6.45) is 10.3. The molecule has 0 saturated heterocycles. The molecule has 0 aliphatic heterocycles. The number of hydrogen-bond acceptors (Lipinski definition) is 1. The lowest BCUT2D eigenvalue weighted by Gasteiger charge is -2.61. The molecular formula is C14H24BrN. The van der Waals surface area contributed by atoms with Gasteiger partial charge in [-0.05, 0) is 80.6 Å². The van der Waals surface area contributed by atoms with Gasteiger partial charge in [0, 0.05) is 5.33 Å². The van der Waals surface area contributed by atoms with Crippen molar-refractivity contribution >= 4 is 15.9 Å². The predicted molar refractivity (Wildman–Crippen MR) is 71.6 cm³/mol. The van der Waals surface area contributed by atoms with Crippen molar-refractivity contribution in [1.29, 1.82) is 0 Å². The molecule has 4 bridgehead atoms. The zero-order valence-corrected chi connectivity index (χ0v) is 11.7. The number of rotatable bonds is 4. The molecule has 16 heavy (non-hydrogen) atoms. The molecule has 92 valence electrons. The smallest absolute Gasteiger partial charge is 0.00676 e. The highest BCUT2D eigenvalue weighted by Crippen LogP contribution is 2.64. The SMILES string of the molecule is NCCCC12CC3CC(CC(C3)C1CBr)C2. The molecule has 4 saturated carbocycles. The van der Waals surface area contributed by atoms with Crippen LogP contribution in [0.5, 0.6) is 0 Å². The number of hydrogen-bond donors (Lipinski definition) is 1. The van der Waals surface area contributed by atoms with Crippen LogP contribution in [0.4, 0.5) is 0 Å². The van der Waals surface area contributed by atoms with Crippen LogP contribution in [-0.4, -0.2) is 11.9 Å². The summed E-state index contributed by atoms with van der Waals surface area (Å²) in [5, 5.41) is 1.24. The van der Waals surface area contributed by atoms with Crippen molar-refractivity contribution in [3.63, 3.8) is 0 Å². The van der Waals surface area contributed by atoms with Gasteiger partial charge in [-0.15, -0.1) is 0 Å². The van der Waals surface area contributed by atoms with Gasteiger partial charge in [-0.1, -0.05) is 15.9 Å². The van der Waals surface area contributed by atoms with Gasteiger partial charge in [0.2, 0.25) is 0 Å². The van der Waals surface area contributed by atoms with Crippen molar-refractivity contribution in [3.05, 3.63) is 0 Å². The van der Waals surface area contributed by atoms with E-state index in [4.69, 9.17) is 5.73 Å². The molecule has 4 rings (SSSR count). The first-order chi connectivity index (χ1) is 7.77. The van der Waals surface area contributed by atoms with Crippen LogP contribution in [-0.2, 0) is 0 Å². The second kappa shape index (κ2) is 4.28. The minimum atomic E-state index is 0.692. The highest BCUT2D eigenvalue weighted by molar-refractivity contribution is 9.09. The highest BCUT2D eigenvalue weighted by Gasteiger charge is 2.55. The van der Waals surface area contributed by atoms with Crippen LogP contribution in [0.15, 0.2) is 0 Å². The lowest BCUT2D eigenvalue weighted by Crippen LogP contribution is -2.53. The highest BCUT2D eigenvalue weighted by atomic mass is 79.9. The van der Waals surface area contributed by atoms with Crippen LogP contribution in [0.25, 0.3) is 0 Å². The van der Waals surface area contributed by atoms with Crippen LogP contribution in [0, 0.1) is 29.1 Å². The molecule has 4 fully saturated rings. The maximum absolute atomic E-state index is 5.73. The van der Waals surface area contributed by atoms with Crippen molar-refractivity contribution < 1.29 is 0 Å². The Balaban J connectivity index is 1.83. The summed E-state index contributed by atoms with van der Waals surface area (Å²) in [5.74, 6) is 4.16. The van der Waals surface area contributed by atoms with E-state index in [0.29, 0.717) is 5.41 Å². The van der Waals surface area contributed by atoms with Gasteiger partial charge < -0.3 is 5.73 Å². The lowest BCUT2D eigenvalue weighted by atomic mass is 9.44. The van der Waals surface area contributed by atoms with Crippen molar-refractivity contribution in [3.8, 4) is 0 Å². The third kappa shape index (κ3) is 1.68. The summed E-state index contributed by atoms with van der Waals surface area (Å²) in [4.78, 5) is 0. The van der Waals surface area contributed by atoms with E-state index >= 15 is 0 Å². The Kier molecular flexibility index (Phi) is 3.08. The van der Waals surface area contributed by atoms with Crippen molar-refractivity contribution in [2.45, 2.75) is 44.9 Å². The Bertz CT molecular complexity index is 251. The summed E-state index contributed by atoms with van der Waals surface area (Å²) < 4.78 is 0. The molecule has 2 heteroatoms. The van der Waals surface area contributed by atoms with E-state index in [0.717, 1.165) is 30.2 Å². The molecule has 0 radical (unpaired) electrons. The summed E-state index contributed by atoms with van der Waals surface area (Å²) in [6, 6.07) is 0. The van der Waals surface area contributed by atoms with E-state index in [9.17, 15) is 0 Å². The van der Waals surface area contributed by atoms with Crippen LogP contribution < -0.4 is 5.73 Å². The molecule has 1 nitrogen and oxygen atoms in total. The monoisotopic (exact) mass is 285 g/mol. The van der Waals surface area contributed by atoms with Crippen molar-refractivity contribution in [2.75, 3.05) is 11.9 Å². The van der Waals surface area contributed by atoms with Gasteiger partial charge in [-0.2, -0.15) is 0 Å². The molecule has 0 amide bonds. The Hall–Kier alpha value is 0.440. The number of nitrogens with two attached hydrogens (primary N) is 1. The topological polar surface area (TPSA) is 26.0 Å². The minimum Gasteiger partial charge on any atom is -0.330 e. The van der Waals surface area contributed by atoms with Gasteiger partial charge in [-0.3, -0.25) is 0 Å². The van der Waals surface area contributed by atoms with Gasteiger partial charge in [0.05, 0.1) is 0 Å². The minimum absolute atomic E-state index is 0.692. The molecule has 4 aliphatic carbocycles. The van der Waals surface area contributed by atoms with E-state index in [1.165, 1.54) is 43.9 Å². The van der Waals surface area contributed by atoms with Crippen molar-refractivity contribution in [1.82, 2.24) is 0 Å². The van der Waals surface area contributed by atoms with Gasteiger partial charge >= 0.3 is 0 Å². The fourth-order valence-electron chi connectivity index (χ4n) is 5.45. The normalized spacial score (nSPS) is 49.9. The molecular weight excluding hydrogens is 262 g/mol. The van der Waals surface area contributed by atoms with Gasteiger partial charge in [0.25, 0.3) is 0 Å². The van der Waals surface area contributed by atoms with Crippen LogP contribution in [0.3, 0.4) is 0 Å². The Morgan fingerprint density at radius 3 is 2.38 bits per heavy atom. The first-order valence-corrected chi connectivity index (χ1v) is 8.15. The van der Waals surface area contributed by atoms with Crippen molar-refractivity contribution in [2.24, 2.45) is 34.8 Å². The molecule has 0 spiro atoms. The second-order valence-electron chi connectivity index (χ2n) is 6.62. The fraction of sp³-hybridized carbons (Fsp3) is 1.00. The van der Waals surface area contributed by atoms with E-state index < -0.39 is 0 Å². The molecule has 3 unspecified atom stereocenters. The third-order valence-electron chi connectivity index (χ3n) is 5.73. The molecule has 0 aromatic heterocycles. The molecule has 4 aliphatic rings. The van der Waals surface area contributed by atoms with Crippen LogP contribution in [0.2, 0.25) is 0 Å². The Labute approximate surface area is 108 Å². The van der Waals surface area contributed by atoms with E-state index in [1.54, 1.807) is 6.42 Å². The van der Waals surface area contributed by atoms with Crippen LogP contribution in [0.1, 0.15) is 44.9 Å². The summed E-state index contributed by atoms with van der Waals surface area (Å²) in [5.41, 5.74) is 6.43. The third-order valence-corrected chi connectivity index (χ3v) is 6.43. The summed E-state index contributed by atoms with van der Waals surface area (Å²) in [6.45, 7) is 0.886. The first kappa shape index (κ1) is 11.5. The van der Waals surface area contributed by atoms with Gasteiger partial charge in [0.15, 0.2) is 0 Å². The lowest BCUT2D eigenvalue weighted by molar-refractivity contribution is -0.104. The van der Waals surface area contributed by atoms with Gasteiger partial charge in [0.1, 0.15) is 0 Å². The number of alkyl halides is 1. The summed E-state index contributed by atoms with van der Waals surface area (Å²) >= 11 is 3.80. The van der Waals surface area contributed by atoms with E-state index in [-0.39, 0.29) is 0 Å². The molecule has 0 aromatic carbocycles. The zero-order valence-electron chi connectivity index (χ0n) is 10.1. The maximum Gasteiger partial charge on any atom is 0.00676 e. The Morgan fingerprint density at radius 2 is 1.81 bits per heavy atom. The molecule has 2 N–H and O–H groups in total. The largest absolute Gasteiger partial charge is 0.330 e. The molecule has 3 atom stereocenters. The van der Waals surface area contributed by atoms with E-state index in [1.807, 2.05) is 0 Å². The maximum atomic E-state index is 5.73. The average Bonchev–Trinajstić information content (AvgIpc) is 2.25. The summed E-state index contributed by atoms with van der Waals surface area (Å²) in [7, 11) is 0. The van der Waals surface area contributed by atoms with Crippen LogP contribution >= 0.6 is 15.9 Å². The predicted octanol–water partition coefficient (Wildman–Crippen LogP) is 3.56. The Morgan fingerprint density at radius 1 is 1.12 bits per heavy atom. The quantitative estimate of drug-likeness (QED) is 0.786. The standard InChI is InChI=1S/C14H24BrN/c15-9-13-12-5-10-4-11(6-12)8-14(13,7-10)2-1-3-16/h10-13H,1-9,16H2. The average molecular weight is 286 g/mol. The fourth-order valence-corrected chi connectivity index (χ4v) is 6.66. The molecule has 0 aromatic rings.